The number of carbonyl (C=O) groups is 1. The number of morpholine rings is 1. The summed E-state index contributed by atoms with van der Waals surface area (Å²) in [6.07, 6.45) is -1.20. The van der Waals surface area contributed by atoms with Crippen molar-refractivity contribution in [1.82, 2.24) is 0 Å². The molecule has 0 radical (unpaired) electrons. The molecule has 1 aromatic carbocycles. The van der Waals surface area contributed by atoms with Crippen molar-refractivity contribution in [1.29, 1.82) is 0 Å². The lowest BCUT2D eigenvalue weighted by Crippen LogP contribution is -2.45. The smallest absolute Gasteiger partial charge is 0.415 e. The molecule has 0 aliphatic carbocycles. The highest BCUT2D eigenvalue weighted by molar-refractivity contribution is 5.93. The Morgan fingerprint density at radius 1 is 1.32 bits per heavy atom. The summed E-state index contributed by atoms with van der Waals surface area (Å²) in [7, 11) is 0. The normalized spacial score (nSPS) is 24.8. The van der Waals surface area contributed by atoms with Gasteiger partial charge < -0.3 is 19.1 Å². The molecule has 132 valence electrons. The largest absolute Gasteiger partial charge is 0.489 e. The molecule has 0 spiro atoms. The number of hydrogen-bond acceptors (Lipinski definition) is 6. The van der Waals surface area contributed by atoms with E-state index in [1.807, 2.05) is 4.90 Å². The minimum atomic E-state index is -0.612. The summed E-state index contributed by atoms with van der Waals surface area (Å²) in [6.45, 7) is 2.48. The van der Waals surface area contributed by atoms with E-state index in [0.29, 0.717) is 43.4 Å². The Labute approximate surface area is 142 Å². The highest BCUT2D eigenvalue weighted by Gasteiger charge is 2.46. The SMILES string of the molecule is [N-]=[N+]=NC[C@@H]1OC(=O)N2c3cc(F)c(N4CCOCC4)cc3OC[C@@H]12. The Morgan fingerprint density at radius 3 is 2.88 bits per heavy atom. The molecule has 3 heterocycles. The molecule has 3 aliphatic heterocycles. The molecule has 2 atom stereocenters. The summed E-state index contributed by atoms with van der Waals surface area (Å²) in [5.74, 6) is -0.00304. The van der Waals surface area contributed by atoms with Gasteiger partial charge >= 0.3 is 6.09 Å². The maximum absolute atomic E-state index is 14.7. The molecule has 1 aromatic rings. The van der Waals surface area contributed by atoms with Gasteiger partial charge in [0.15, 0.2) is 0 Å². The molecule has 10 heteroatoms. The van der Waals surface area contributed by atoms with Gasteiger partial charge in [0.2, 0.25) is 0 Å². The molecule has 3 aliphatic rings. The molecule has 2 saturated heterocycles. The Morgan fingerprint density at radius 2 is 2.12 bits per heavy atom. The van der Waals surface area contributed by atoms with E-state index in [9.17, 15) is 9.18 Å². The molecule has 1 amide bonds. The van der Waals surface area contributed by atoms with Gasteiger partial charge in [-0.3, -0.25) is 4.90 Å². The van der Waals surface area contributed by atoms with Crippen LogP contribution in [0.15, 0.2) is 17.2 Å². The van der Waals surface area contributed by atoms with Crippen LogP contribution in [-0.2, 0) is 9.47 Å². The third kappa shape index (κ3) is 2.69. The predicted octanol–water partition coefficient (Wildman–Crippen LogP) is 2.06. The third-order valence-electron chi connectivity index (χ3n) is 4.58. The highest BCUT2D eigenvalue weighted by Crippen LogP contribution is 2.42. The van der Waals surface area contributed by atoms with Crippen LogP contribution in [0.4, 0.5) is 20.6 Å². The van der Waals surface area contributed by atoms with Crippen LogP contribution < -0.4 is 14.5 Å². The van der Waals surface area contributed by atoms with Gasteiger partial charge in [-0.2, -0.15) is 0 Å². The highest BCUT2D eigenvalue weighted by atomic mass is 19.1. The van der Waals surface area contributed by atoms with Gasteiger partial charge in [0, 0.05) is 30.1 Å². The number of carbonyl (C=O) groups excluding carboxylic acids is 1. The second-order valence-electron chi connectivity index (χ2n) is 5.95. The molecule has 4 rings (SSSR count). The van der Waals surface area contributed by atoms with Crippen molar-refractivity contribution in [2.75, 3.05) is 49.3 Å². The summed E-state index contributed by atoms with van der Waals surface area (Å²) in [5, 5.41) is 3.46. The minimum Gasteiger partial charge on any atom is -0.489 e. The van der Waals surface area contributed by atoms with Crippen LogP contribution in [0.2, 0.25) is 0 Å². The van der Waals surface area contributed by atoms with Gasteiger partial charge in [0.25, 0.3) is 0 Å². The number of anilines is 2. The van der Waals surface area contributed by atoms with Crippen molar-refractivity contribution in [2.45, 2.75) is 12.1 Å². The standard InChI is InChI=1S/C15H16FN5O4/c16-9-5-11-13(6-10(9)20-1-3-23-4-2-20)24-8-12-14(7-18-19-17)25-15(22)21(11)12/h5-6,12,14H,1-4,7-8H2/t12-,14-/m0/s1. The quantitative estimate of drug-likeness (QED) is 0.472. The monoisotopic (exact) mass is 349 g/mol. The predicted molar refractivity (Wildman–Crippen MR) is 85.5 cm³/mol. The number of rotatable bonds is 3. The van der Waals surface area contributed by atoms with Gasteiger partial charge in [-0.1, -0.05) is 5.11 Å². The van der Waals surface area contributed by atoms with Gasteiger partial charge in [-0.05, 0) is 5.53 Å². The summed E-state index contributed by atoms with van der Waals surface area (Å²) in [6, 6.07) is 2.46. The zero-order valence-corrected chi connectivity index (χ0v) is 13.3. The summed E-state index contributed by atoms with van der Waals surface area (Å²) < 4.78 is 30.9. The first-order valence-corrected chi connectivity index (χ1v) is 7.99. The minimum absolute atomic E-state index is 0.0104. The average molecular weight is 349 g/mol. The maximum atomic E-state index is 14.7. The molecule has 0 saturated carbocycles. The fraction of sp³-hybridized carbons (Fsp3) is 0.533. The number of halogens is 1. The van der Waals surface area contributed by atoms with Crippen molar-refractivity contribution in [2.24, 2.45) is 5.11 Å². The molecule has 0 bridgehead atoms. The van der Waals surface area contributed by atoms with Gasteiger partial charge in [-0.15, -0.1) is 0 Å². The second-order valence-corrected chi connectivity index (χ2v) is 5.95. The Bertz CT molecular complexity index is 748. The lowest BCUT2D eigenvalue weighted by atomic mass is 10.1. The first-order valence-electron chi connectivity index (χ1n) is 7.99. The number of cyclic esters (lactones) is 1. The van der Waals surface area contributed by atoms with Gasteiger partial charge in [-0.25, -0.2) is 9.18 Å². The molecular weight excluding hydrogens is 333 g/mol. The number of benzene rings is 1. The average Bonchev–Trinajstić information content (AvgIpc) is 2.96. The first-order chi connectivity index (χ1) is 12.2. The van der Waals surface area contributed by atoms with E-state index in [-0.39, 0.29) is 13.2 Å². The van der Waals surface area contributed by atoms with Crippen molar-refractivity contribution < 1.29 is 23.4 Å². The van der Waals surface area contributed by atoms with E-state index in [1.54, 1.807) is 6.07 Å². The van der Waals surface area contributed by atoms with Crippen LogP contribution in [0.25, 0.3) is 10.4 Å². The Hall–Kier alpha value is -2.71. The lowest BCUT2D eigenvalue weighted by molar-refractivity contribution is 0.122. The van der Waals surface area contributed by atoms with Crippen LogP contribution in [0.5, 0.6) is 5.75 Å². The van der Waals surface area contributed by atoms with E-state index in [1.165, 1.54) is 11.0 Å². The Kier molecular flexibility index (Phi) is 3.98. The molecule has 9 nitrogen and oxygen atoms in total. The molecule has 0 N–H and O–H groups in total. The van der Waals surface area contributed by atoms with E-state index in [4.69, 9.17) is 19.7 Å². The maximum Gasteiger partial charge on any atom is 0.415 e. The van der Waals surface area contributed by atoms with Crippen molar-refractivity contribution in [3.8, 4) is 5.75 Å². The fourth-order valence-corrected chi connectivity index (χ4v) is 3.36. The molecule has 0 unspecified atom stereocenters. The second kappa shape index (κ2) is 6.30. The van der Waals surface area contributed by atoms with E-state index < -0.39 is 24.1 Å². The number of hydrogen-bond donors (Lipinski definition) is 0. The van der Waals surface area contributed by atoms with Crippen molar-refractivity contribution >= 4 is 17.5 Å². The van der Waals surface area contributed by atoms with E-state index in [0.717, 1.165) is 0 Å². The number of nitrogens with zero attached hydrogens (tertiary/aromatic N) is 5. The third-order valence-corrected chi connectivity index (χ3v) is 4.58. The summed E-state index contributed by atoms with van der Waals surface area (Å²) >= 11 is 0. The number of ether oxygens (including phenoxy) is 3. The van der Waals surface area contributed by atoms with E-state index >= 15 is 0 Å². The van der Waals surface area contributed by atoms with Crippen LogP contribution in [0.1, 0.15) is 0 Å². The van der Waals surface area contributed by atoms with Gasteiger partial charge in [0.1, 0.15) is 30.3 Å². The van der Waals surface area contributed by atoms with Crippen LogP contribution >= 0.6 is 0 Å². The van der Waals surface area contributed by atoms with Crippen LogP contribution in [0, 0.1) is 5.82 Å². The first kappa shape index (κ1) is 15.8. The summed E-state index contributed by atoms with van der Waals surface area (Å²) in [4.78, 5) is 18.2. The molecule has 0 aromatic heterocycles. The number of fused-ring (bicyclic) bond motifs is 3. The van der Waals surface area contributed by atoms with Crippen molar-refractivity contribution in [3.63, 3.8) is 0 Å². The van der Waals surface area contributed by atoms with E-state index in [2.05, 4.69) is 10.0 Å². The number of amides is 1. The molecule has 25 heavy (non-hydrogen) atoms. The number of azide groups is 1. The lowest BCUT2D eigenvalue weighted by Gasteiger charge is -2.34. The topological polar surface area (TPSA) is 100 Å². The van der Waals surface area contributed by atoms with Crippen LogP contribution in [0.3, 0.4) is 0 Å². The fourth-order valence-electron chi connectivity index (χ4n) is 3.36. The summed E-state index contributed by atoms with van der Waals surface area (Å²) in [5.41, 5.74) is 9.21. The van der Waals surface area contributed by atoms with Crippen LogP contribution in [-0.4, -0.2) is 57.7 Å². The molecule has 2 fully saturated rings. The zero-order chi connectivity index (χ0) is 17.4. The molecular formula is C15H16FN5O4. The van der Waals surface area contributed by atoms with Crippen molar-refractivity contribution in [3.05, 3.63) is 28.4 Å². The zero-order valence-electron chi connectivity index (χ0n) is 13.3. The van der Waals surface area contributed by atoms with Gasteiger partial charge in [0.05, 0.1) is 31.1 Å². The Balaban J connectivity index is 1.65.